The van der Waals surface area contributed by atoms with Crippen molar-refractivity contribution in [1.29, 1.82) is 5.26 Å². The molecule has 0 atom stereocenters. The van der Waals surface area contributed by atoms with Crippen molar-refractivity contribution in [2.24, 2.45) is 0 Å². The molecule has 3 aromatic rings. The topological polar surface area (TPSA) is 65.4 Å². The van der Waals surface area contributed by atoms with Gasteiger partial charge in [-0.05, 0) is 36.0 Å². The lowest BCUT2D eigenvalue weighted by Gasteiger charge is -1.96. The van der Waals surface area contributed by atoms with Gasteiger partial charge in [-0.15, -0.1) is 0 Å². The Morgan fingerprint density at radius 3 is 2.94 bits per heavy atom. The van der Waals surface area contributed by atoms with Crippen LogP contribution in [0, 0.1) is 11.3 Å². The van der Waals surface area contributed by atoms with E-state index in [4.69, 9.17) is 5.26 Å². The summed E-state index contributed by atoms with van der Waals surface area (Å²) in [6, 6.07) is 13.4. The van der Waals surface area contributed by atoms with Gasteiger partial charge in [0.05, 0.1) is 22.7 Å². The fourth-order valence-electron chi connectivity index (χ4n) is 1.61. The third kappa shape index (κ3) is 2.06. The van der Waals surface area contributed by atoms with Gasteiger partial charge < -0.3 is 4.98 Å². The Hall–Kier alpha value is -2.32. The van der Waals surface area contributed by atoms with Crippen LogP contribution in [0.5, 0.6) is 0 Å². The molecule has 0 unspecified atom stereocenters. The molecule has 0 aliphatic rings. The molecule has 0 saturated carbocycles. The maximum atomic E-state index is 8.83. The van der Waals surface area contributed by atoms with Crippen molar-refractivity contribution >= 4 is 22.8 Å². The minimum atomic E-state index is 0.601. The third-order valence-electron chi connectivity index (χ3n) is 2.43. The van der Waals surface area contributed by atoms with E-state index in [1.165, 1.54) is 11.8 Å². The molecule has 18 heavy (non-hydrogen) atoms. The first-order valence-electron chi connectivity index (χ1n) is 5.34. The Balaban J connectivity index is 1.94. The number of hydrogen-bond donors (Lipinski definition) is 1. The van der Waals surface area contributed by atoms with Gasteiger partial charge in [-0.3, -0.25) is 0 Å². The SMILES string of the molecule is N#Cc1ccnc(Sc2nc3ccccc3[nH]2)c1. The van der Waals surface area contributed by atoms with E-state index < -0.39 is 0 Å². The van der Waals surface area contributed by atoms with E-state index in [1.54, 1.807) is 18.3 Å². The van der Waals surface area contributed by atoms with Crippen LogP contribution in [0.1, 0.15) is 5.56 Å². The molecule has 0 amide bonds. The molecule has 0 fully saturated rings. The van der Waals surface area contributed by atoms with E-state index in [0.29, 0.717) is 5.56 Å². The molecular formula is C13H8N4S. The summed E-state index contributed by atoms with van der Waals surface area (Å²) in [5, 5.41) is 10.4. The fraction of sp³-hybridized carbons (Fsp3) is 0. The maximum absolute atomic E-state index is 8.83. The molecule has 0 aliphatic heterocycles. The van der Waals surface area contributed by atoms with Crippen LogP contribution in [-0.4, -0.2) is 15.0 Å². The average Bonchev–Trinajstić information content (AvgIpc) is 2.81. The van der Waals surface area contributed by atoms with Gasteiger partial charge in [-0.2, -0.15) is 5.26 Å². The molecule has 86 valence electrons. The van der Waals surface area contributed by atoms with Crippen molar-refractivity contribution in [1.82, 2.24) is 15.0 Å². The van der Waals surface area contributed by atoms with Crippen molar-refractivity contribution in [3.63, 3.8) is 0 Å². The summed E-state index contributed by atoms with van der Waals surface area (Å²) in [4.78, 5) is 11.9. The lowest BCUT2D eigenvalue weighted by molar-refractivity contribution is 1.05. The number of H-pyrrole nitrogens is 1. The summed E-state index contributed by atoms with van der Waals surface area (Å²) in [7, 11) is 0. The number of fused-ring (bicyclic) bond motifs is 1. The van der Waals surface area contributed by atoms with Crippen molar-refractivity contribution in [3.05, 3.63) is 48.2 Å². The predicted molar refractivity (Wildman–Crippen MR) is 69.2 cm³/mol. The van der Waals surface area contributed by atoms with Gasteiger partial charge in [0.25, 0.3) is 0 Å². The highest BCUT2D eigenvalue weighted by molar-refractivity contribution is 7.99. The quantitative estimate of drug-likeness (QED) is 0.761. The van der Waals surface area contributed by atoms with Crippen LogP contribution in [0.25, 0.3) is 11.0 Å². The first kappa shape index (κ1) is 10.8. The summed E-state index contributed by atoms with van der Waals surface area (Å²) in [6.45, 7) is 0. The minimum Gasteiger partial charge on any atom is -0.333 e. The van der Waals surface area contributed by atoms with E-state index in [9.17, 15) is 0 Å². The van der Waals surface area contributed by atoms with Crippen molar-refractivity contribution < 1.29 is 0 Å². The zero-order valence-corrected chi connectivity index (χ0v) is 10.1. The number of rotatable bonds is 2. The number of aromatic nitrogens is 3. The number of nitrogens with zero attached hydrogens (tertiary/aromatic N) is 3. The number of para-hydroxylation sites is 2. The summed E-state index contributed by atoms with van der Waals surface area (Å²) in [5.74, 6) is 0. The summed E-state index contributed by atoms with van der Waals surface area (Å²) >= 11 is 1.41. The Labute approximate surface area is 108 Å². The average molecular weight is 252 g/mol. The number of nitrogens with one attached hydrogen (secondary N) is 1. The molecular weight excluding hydrogens is 244 g/mol. The lowest BCUT2D eigenvalue weighted by Crippen LogP contribution is -1.82. The lowest BCUT2D eigenvalue weighted by atomic mass is 10.3. The van der Waals surface area contributed by atoms with Crippen LogP contribution < -0.4 is 0 Å². The van der Waals surface area contributed by atoms with Crippen LogP contribution >= 0.6 is 11.8 Å². The smallest absolute Gasteiger partial charge is 0.172 e. The zero-order chi connectivity index (χ0) is 12.4. The largest absolute Gasteiger partial charge is 0.333 e. The van der Waals surface area contributed by atoms with E-state index in [2.05, 4.69) is 21.0 Å². The highest BCUT2D eigenvalue weighted by Gasteiger charge is 2.05. The Bertz CT molecular complexity index is 709. The zero-order valence-electron chi connectivity index (χ0n) is 9.29. The second-order valence-corrected chi connectivity index (χ2v) is 4.66. The molecule has 1 N–H and O–H groups in total. The number of aromatic amines is 1. The molecule has 0 radical (unpaired) electrons. The van der Waals surface area contributed by atoms with Crippen LogP contribution in [0.3, 0.4) is 0 Å². The molecule has 2 heterocycles. The summed E-state index contributed by atoms with van der Waals surface area (Å²) < 4.78 is 0. The highest BCUT2D eigenvalue weighted by atomic mass is 32.2. The van der Waals surface area contributed by atoms with Gasteiger partial charge in [0.2, 0.25) is 0 Å². The number of imidazole rings is 1. The standard InChI is InChI=1S/C13H8N4S/c14-8-9-5-6-15-12(7-9)18-13-16-10-3-1-2-4-11(10)17-13/h1-7H,(H,16,17). The van der Waals surface area contributed by atoms with Gasteiger partial charge in [0, 0.05) is 6.20 Å². The molecule has 2 aromatic heterocycles. The maximum Gasteiger partial charge on any atom is 0.172 e. The van der Waals surface area contributed by atoms with Gasteiger partial charge in [-0.25, -0.2) is 9.97 Å². The number of benzene rings is 1. The van der Waals surface area contributed by atoms with Crippen LogP contribution in [0.2, 0.25) is 0 Å². The summed E-state index contributed by atoms with van der Waals surface area (Å²) in [6.07, 6.45) is 1.63. The molecule has 0 spiro atoms. The van der Waals surface area contributed by atoms with Crippen molar-refractivity contribution in [2.75, 3.05) is 0 Å². The second-order valence-electron chi connectivity index (χ2n) is 3.66. The number of nitriles is 1. The minimum absolute atomic E-state index is 0.601. The highest BCUT2D eigenvalue weighted by Crippen LogP contribution is 2.25. The van der Waals surface area contributed by atoms with E-state index in [1.807, 2.05) is 24.3 Å². The molecule has 5 heteroatoms. The molecule has 3 rings (SSSR count). The number of hydrogen-bond acceptors (Lipinski definition) is 4. The van der Waals surface area contributed by atoms with Gasteiger partial charge in [0.15, 0.2) is 5.16 Å². The Morgan fingerprint density at radius 2 is 2.11 bits per heavy atom. The predicted octanol–water partition coefficient (Wildman–Crippen LogP) is 2.98. The summed E-state index contributed by atoms with van der Waals surface area (Å²) in [5.41, 5.74) is 2.52. The molecule has 0 bridgehead atoms. The van der Waals surface area contributed by atoms with E-state index in [-0.39, 0.29) is 0 Å². The molecule has 0 aliphatic carbocycles. The molecule has 1 aromatic carbocycles. The first-order valence-corrected chi connectivity index (χ1v) is 6.15. The Kier molecular flexibility index (Phi) is 2.71. The van der Waals surface area contributed by atoms with Crippen LogP contribution in [0.4, 0.5) is 0 Å². The van der Waals surface area contributed by atoms with E-state index in [0.717, 1.165) is 21.2 Å². The Morgan fingerprint density at radius 1 is 1.22 bits per heavy atom. The van der Waals surface area contributed by atoms with Crippen LogP contribution in [0.15, 0.2) is 52.8 Å². The normalized spacial score (nSPS) is 10.4. The van der Waals surface area contributed by atoms with Crippen LogP contribution in [-0.2, 0) is 0 Å². The third-order valence-corrected chi connectivity index (χ3v) is 3.25. The van der Waals surface area contributed by atoms with E-state index >= 15 is 0 Å². The van der Waals surface area contributed by atoms with Gasteiger partial charge >= 0.3 is 0 Å². The second kappa shape index (κ2) is 4.51. The fourth-order valence-corrected chi connectivity index (χ4v) is 2.41. The van der Waals surface area contributed by atoms with Crippen molar-refractivity contribution in [3.8, 4) is 6.07 Å². The molecule has 4 nitrogen and oxygen atoms in total. The van der Waals surface area contributed by atoms with Gasteiger partial charge in [0.1, 0.15) is 5.03 Å². The van der Waals surface area contributed by atoms with Crippen molar-refractivity contribution in [2.45, 2.75) is 10.2 Å². The number of pyridine rings is 1. The molecule has 0 saturated heterocycles. The van der Waals surface area contributed by atoms with Gasteiger partial charge in [-0.1, -0.05) is 12.1 Å². The monoisotopic (exact) mass is 252 g/mol. The first-order chi connectivity index (χ1) is 8.85.